The normalized spacial score (nSPS) is 16.8. The van der Waals surface area contributed by atoms with Crippen LogP contribution in [-0.2, 0) is 20.8 Å². The fourth-order valence-electron chi connectivity index (χ4n) is 3.03. The number of ether oxygens (including phenoxy) is 1. The van der Waals surface area contributed by atoms with Crippen LogP contribution in [0, 0.1) is 5.92 Å². The smallest absolute Gasteiger partial charge is 0.308 e. The highest BCUT2D eigenvalue weighted by Gasteiger charge is 2.28. The van der Waals surface area contributed by atoms with Crippen molar-refractivity contribution in [3.05, 3.63) is 29.8 Å². The maximum absolute atomic E-state index is 12.4. The third-order valence-electron chi connectivity index (χ3n) is 4.71. The molecule has 0 radical (unpaired) electrons. The van der Waals surface area contributed by atoms with Gasteiger partial charge in [0, 0.05) is 26.6 Å². The molecule has 7 nitrogen and oxygen atoms in total. The van der Waals surface area contributed by atoms with Crippen LogP contribution in [0.25, 0.3) is 0 Å². The van der Waals surface area contributed by atoms with Gasteiger partial charge in [-0.15, -0.1) is 0 Å². The first-order chi connectivity index (χ1) is 12.4. The van der Waals surface area contributed by atoms with E-state index in [0.29, 0.717) is 32.2 Å². The average Bonchev–Trinajstić information content (AvgIpc) is 2.66. The Morgan fingerprint density at radius 1 is 1.27 bits per heavy atom. The van der Waals surface area contributed by atoms with Crippen LogP contribution in [0.1, 0.15) is 24.8 Å². The number of hydrogen-bond acceptors (Lipinski definition) is 4. The van der Waals surface area contributed by atoms with Crippen molar-refractivity contribution in [2.75, 3.05) is 33.8 Å². The molecule has 0 aliphatic carbocycles. The Bertz CT molecular complexity index is 644. The van der Waals surface area contributed by atoms with Gasteiger partial charge in [0.05, 0.1) is 19.6 Å². The van der Waals surface area contributed by atoms with E-state index in [-0.39, 0.29) is 24.9 Å². The highest BCUT2D eigenvalue weighted by Crippen LogP contribution is 2.17. The zero-order valence-corrected chi connectivity index (χ0v) is 15.3. The SMILES string of the molecule is COc1ccc(CCC(=O)N(C)CC(=O)N2CCCC(C(=O)O)C2)cc1. The van der Waals surface area contributed by atoms with E-state index < -0.39 is 11.9 Å². The summed E-state index contributed by atoms with van der Waals surface area (Å²) in [6, 6.07) is 7.53. The Balaban J connectivity index is 1.80. The van der Waals surface area contributed by atoms with Crippen molar-refractivity contribution in [1.82, 2.24) is 9.80 Å². The van der Waals surface area contributed by atoms with Crippen LogP contribution in [0.5, 0.6) is 5.75 Å². The second-order valence-electron chi connectivity index (χ2n) is 6.62. The average molecular weight is 362 g/mol. The number of benzene rings is 1. The predicted octanol–water partition coefficient (Wildman–Crippen LogP) is 1.41. The lowest BCUT2D eigenvalue weighted by atomic mass is 9.98. The minimum absolute atomic E-state index is 0.0201. The highest BCUT2D eigenvalue weighted by molar-refractivity contribution is 5.85. The van der Waals surface area contributed by atoms with E-state index in [1.807, 2.05) is 24.3 Å². The third kappa shape index (κ3) is 5.47. The standard InChI is InChI=1S/C19H26N2O5/c1-20(13-18(23)21-11-3-4-15(12-21)19(24)25)17(22)10-7-14-5-8-16(26-2)9-6-14/h5-6,8-9,15H,3-4,7,10-13H2,1-2H3,(H,24,25). The third-order valence-corrected chi connectivity index (χ3v) is 4.71. The molecule has 1 aromatic carbocycles. The van der Waals surface area contributed by atoms with E-state index >= 15 is 0 Å². The van der Waals surface area contributed by atoms with Crippen molar-refractivity contribution in [3.8, 4) is 5.75 Å². The minimum Gasteiger partial charge on any atom is -0.497 e. The molecule has 7 heteroatoms. The van der Waals surface area contributed by atoms with Crippen LogP contribution in [0.2, 0.25) is 0 Å². The molecule has 0 spiro atoms. The number of likely N-dealkylation sites (tertiary alicyclic amines) is 1. The second-order valence-corrected chi connectivity index (χ2v) is 6.62. The van der Waals surface area contributed by atoms with Crippen molar-refractivity contribution >= 4 is 17.8 Å². The first-order valence-corrected chi connectivity index (χ1v) is 8.78. The lowest BCUT2D eigenvalue weighted by Crippen LogP contribution is -2.46. The molecular weight excluding hydrogens is 336 g/mol. The Kier molecular flexibility index (Phi) is 7.00. The monoisotopic (exact) mass is 362 g/mol. The van der Waals surface area contributed by atoms with Crippen molar-refractivity contribution < 1.29 is 24.2 Å². The summed E-state index contributed by atoms with van der Waals surface area (Å²) >= 11 is 0. The summed E-state index contributed by atoms with van der Waals surface area (Å²) in [5.74, 6) is -0.920. The molecule has 1 aliphatic heterocycles. The summed E-state index contributed by atoms with van der Waals surface area (Å²) in [7, 11) is 3.21. The van der Waals surface area contributed by atoms with Crippen LogP contribution in [0.15, 0.2) is 24.3 Å². The van der Waals surface area contributed by atoms with E-state index in [1.54, 1.807) is 19.1 Å². The van der Waals surface area contributed by atoms with Gasteiger partial charge in [0.2, 0.25) is 11.8 Å². The molecule has 2 amide bonds. The number of hydrogen-bond donors (Lipinski definition) is 1. The summed E-state index contributed by atoms with van der Waals surface area (Å²) in [5.41, 5.74) is 1.03. The fraction of sp³-hybridized carbons (Fsp3) is 0.526. The van der Waals surface area contributed by atoms with Crippen molar-refractivity contribution in [2.45, 2.75) is 25.7 Å². The number of carboxylic acids is 1. The quantitative estimate of drug-likeness (QED) is 0.792. The number of likely N-dealkylation sites (N-methyl/N-ethyl adjacent to an activating group) is 1. The van der Waals surface area contributed by atoms with E-state index in [0.717, 1.165) is 11.3 Å². The van der Waals surface area contributed by atoms with Gasteiger partial charge in [-0.05, 0) is 37.0 Å². The van der Waals surface area contributed by atoms with E-state index in [4.69, 9.17) is 9.84 Å². The van der Waals surface area contributed by atoms with Gasteiger partial charge in [0.25, 0.3) is 0 Å². The Morgan fingerprint density at radius 2 is 1.96 bits per heavy atom. The first kappa shape index (κ1) is 19.8. The zero-order valence-electron chi connectivity index (χ0n) is 15.3. The van der Waals surface area contributed by atoms with Crippen LogP contribution in [-0.4, -0.2) is 66.5 Å². The first-order valence-electron chi connectivity index (χ1n) is 8.78. The van der Waals surface area contributed by atoms with Crippen molar-refractivity contribution in [1.29, 1.82) is 0 Å². The number of aryl methyl sites for hydroxylation is 1. The van der Waals surface area contributed by atoms with E-state index in [2.05, 4.69) is 0 Å². The lowest BCUT2D eigenvalue weighted by molar-refractivity contribution is -0.147. The summed E-state index contributed by atoms with van der Waals surface area (Å²) in [4.78, 5) is 38.7. The predicted molar refractivity (Wildman–Crippen MR) is 95.9 cm³/mol. The molecule has 0 aromatic heterocycles. The molecule has 0 bridgehead atoms. The largest absolute Gasteiger partial charge is 0.497 e. The lowest BCUT2D eigenvalue weighted by Gasteiger charge is -2.32. The molecule has 26 heavy (non-hydrogen) atoms. The van der Waals surface area contributed by atoms with Gasteiger partial charge in [-0.25, -0.2) is 0 Å². The van der Waals surface area contributed by atoms with Crippen molar-refractivity contribution in [3.63, 3.8) is 0 Å². The Hall–Kier alpha value is -2.57. The minimum atomic E-state index is -0.869. The summed E-state index contributed by atoms with van der Waals surface area (Å²) in [6.45, 7) is 0.756. The van der Waals surface area contributed by atoms with Gasteiger partial charge in [0.15, 0.2) is 0 Å². The Morgan fingerprint density at radius 3 is 2.58 bits per heavy atom. The number of amides is 2. The molecular formula is C19H26N2O5. The molecule has 1 unspecified atom stereocenters. The maximum Gasteiger partial charge on any atom is 0.308 e. The molecule has 1 saturated heterocycles. The maximum atomic E-state index is 12.4. The molecule has 1 N–H and O–H groups in total. The summed E-state index contributed by atoms with van der Waals surface area (Å²) < 4.78 is 5.10. The molecule has 142 valence electrons. The number of aliphatic carboxylic acids is 1. The van der Waals surface area contributed by atoms with Crippen LogP contribution in [0.4, 0.5) is 0 Å². The number of piperidine rings is 1. The molecule has 1 atom stereocenters. The van der Waals surface area contributed by atoms with Gasteiger partial charge in [-0.3, -0.25) is 14.4 Å². The van der Waals surface area contributed by atoms with Crippen molar-refractivity contribution in [2.24, 2.45) is 5.92 Å². The van der Waals surface area contributed by atoms with E-state index in [1.165, 1.54) is 4.90 Å². The van der Waals surface area contributed by atoms with Gasteiger partial charge in [0.1, 0.15) is 5.75 Å². The van der Waals surface area contributed by atoms with Gasteiger partial charge >= 0.3 is 5.97 Å². The number of rotatable bonds is 7. The highest BCUT2D eigenvalue weighted by atomic mass is 16.5. The molecule has 1 aromatic rings. The van der Waals surface area contributed by atoms with Crippen LogP contribution >= 0.6 is 0 Å². The molecule has 0 saturated carbocycles. The summed E-state index contributed by atoms with van der Waals surface area (Å²) in [5, 5.41) is 9.11. The molecule has 1 aliphatic rings. The number of carbonyl (C=O) groups is 3. The number of carboxylic acid groups (broad SMARTS) is 1. The molecule has 1 fully saturated rings. The van der Waals surface area contributed by atoms with Crippen LogP contribution in [0.3, 0.4) is 0 Å². The Labute approximate surface area is 153 Å². The topological polar surface area (TPSA) is 87.2 Å². The fourth-order valence-corrected chi connectivity index (χ4v) is 3.03. The van der Waals surface area contributed by atoms with E-state index in [9.17, 15) is 14.4 Å². The van der Waals surface area contributed by atoms with Gasteiger partial charge < -0.3 is 19.6 Å². The number of carbonyl (C=O) groups excluding carboxylic acids is 2. The van der Waals surface area contributed by atoms with Crippen LogP contribution < -0.4 is 4.74 Å². The number of nitrogens with zero attached hydrogens (tertiary/aromatic N) is 2. The van der Waals surface area contributed by atoms with Gasteiger partial charge in [-0.2, -0.15) is 0 Å². The molecule has 1 heterocycles. The summed E-state index contributed by atoms with van der Waals surface area (Å²) in [6.07, 6.45) is 2.17. The molecule has 2 rings (SSSR count). The van der Waals surface area contributed by atoms with Gasteiger partial charge in [-0.1, -0.05) is 12.1 Å². The second kappa shape index (κ2) is 9.22. The number of methoxy groups -OCH3 is 1. The zero-order chi connectivity index (χ0) is 19.1.